The molecular weight excluding hydrogens is 567 g/mol. The van der Waals surface area contributed by atoms with Crippen LogP contribution < -0.4 is 4.74 Å². The number of aryl methyl sites for hydroxylation is 1. The monoisotopic (exact) mass is 601 g/mol. The number of rotatable bonds is 10. The van der Waals surface area contributed by atoms with Crippen LogP contribution in [-0.4, -0.2) is 23.1 Å². The van der Waals surface area contributed by atoms with Gasteiger partial charge in [0.25, 0.3) is 0 Å². The van der Waals surface area contributed by atoms with Gasteiger partial charge in [0.15, 0.2) is 0 Å². The molecule has 1 N–H and O–H groups in total. The summed E-state index contributed by atoms with van der Waals surface area (Å²) in [5, 5.41) is 11.9. The van der Waals surface area contributed by atoms with Gasteiger partial charge in [-0.25, -0.2) is 0 Å². The predicted octanol–water partition coefficient (Wildman–Crippen LogP) is 9.00. The van der Waals surface area contributed by atoms with Crippen LogP contribution in [0.25, 0.3) is 21.9 Å². The lowest BCUT2D eigenvalue weighted by Gasteiger charge is -2.24. The first-order valence-electron chi connectivity index (χ1n) is 14.2. The van der Waals surface area contributed by atoms with Gasteiger partial charge >= 0.3 is 12.1 Å². The number of benzene rings is 4. The van der Waals surface area contributed by atoms with Gasteiger partial charge in [0.2, 0.25) is 5.76 Å². The van der Waals surface area contributed by atoms with Crippen molar-refractivity contribution in [2.75, 3.05) is 7.11 Å². The second-order valence-corrected chi connectivity index (χ2v) is 11.5. The van der Waals surface area contributed by atoms with Crippen molar-refractivity contribution in [3.05, 3.63) is 125 Å². The Balaban J connectivity index is 1.49. The number of halogens is 3. The fourth-order valence-electron chi connectivity index (χ4n) is 5.41. The summed E-state index contributed by atoms with van der Waals surface area (Å²) in [6.07, 6.45) is -4.56. The van der Waals surface area contributed by atoms with E-state index in [-0.39, 0.29) is 12.3 Å². The Morgan fingerprint density at radius 3 is 2.36 bits per heavy atom. The molecule has 0 saturated carbocycles. The highest BCUT2D eigenvalue weighted by Gasteiger charge is 2.35. The summed E-state index contributed by atoms with van der Waals surface area (Å²) >= 11 is 0. The molecule has 8 heteroatoms. The summed E-state index contributed by atoms with van der Waals surface area (Å²) in [4.78, 5) is 13.9. The van der Waals surface area contributed by atoms with E-state index in [1.165, 1.54) is 6.07 Å². The molecule has 5 nitrogen and oxygen atoms in total. The van der Waals surface area contributed by atoms with Crippen LogP contribution in [-0.2, 0) is 36.0 Å². The maximum absolute atomic E-state index is 13.3. The van der Waals surface area contributed by atoms with Crippen LogP contribution in [0.15, 0.2) is 95.4 Å². The summed E-state index contributed by atoms with van der Waals surface area (Å²) in [6, 6.07) is 27.7. The van der Waals surface area contributed by atoms with Crippen LogP contribution in [0.5, 0.6) is 5.75 Å². The van der Waals surface area contributed by atoms with Crippen LogP contribution in [0.3, 0.4) is 0 Å². The van der Waals surface area contributed by atoms with E-state index in [1.54, 1.807) is 27.0 Å². The van der Waals surface area contributed by atoms with Gasteiger partial charge in [-0.05, 0) is 83.6 Å². The van der Waals surface area contributed by atoms with Crippen molar-refractivity contribution >= 4 is 16.7 Å². The van der Waals surface area contributed by atoms with Crippen molar-refractivity contribution in [2.45, 2.75) is 52.0 Å². The zero-order valence-corrected chi connectivity index (χ0v) is 25.0. The van der Waals surface area contributed by atoms with Gasteiger partial charge in [0.1, 0.15) is 11.5 Å². The van der Waals surface area contributed by atoms with Gasteiger partial charge in [-0.3, -0.25) is 9.69 Å². The minimum absolute atomic E-state index is 0.162. The number of nitrogens with zero attached hydrogens (tertiary/aromatic N) is 1. The number of fused-ring (bicyclic) bond motifs is 1. The number of ether oxygens (including phenoxy) is 1. The molecule has 0 atom stereocenters. The molecule has 0 spiro atoms. The van der Waals surface area contributed by atoms with Crippen LogP contribution in [0, 0.1) is 6.92 Å². The normalized spacial score (nSPS) is 12.2. The van der Waals surface area contributed by atoms with Crippen molar-refractivity contribution in [1.29, 1.82) is 0 Å². The molecule has 5 rings (SSSR count). The lowest BCUT2D eigenvalue weighted by molar-refractivity contribution is -0.153. The van der Waals surface area contributed by atoms with E-state index in [0.717, 1.165) is 44.7 Å². The number of furan rings is 1. The molecule has 0 amide bonds. The Kier molecular flexibility index (Phi) is 8.57. The molecule has 1 heterocycles. The third-order valence-electron chi connectivity index (χ3n) is 8.08. The Labute approximate surface area is 254 Å². The summed E-state index contributed by atoms with van der Waals surface area (Å²) < 4.78 is 50.9. The second kappa shape index (κ2) is 12.2. The molecule has 0 saturated heterocycles. The summed E-state index contributed by atoms with van der Waals surface area (Å²) in [7, 11) is 1.58. The highest BCUT2D eigenvalue weighted by molar-refractivity contribution is 5.86. The third kappa shape index (κ3) is 6.50. The Morgan fingerprint density at radius 1 is 0.886 bits per heavy atom. The molecule has 0 radical (unpaired) electrons. The minimum Gasteiger partial charge on any atom is -0.496 e. The largest absolute Gasteiger partial charge is 0.496 e. The zero-order valence-electron chi connectivity index (χ0n) is 25.0. The van der Waals surface area contributed by atoms with Crippen molar-refractivity contribution in [3.63, 3.8) is 0 Å². The second-order valence-electron chi connectivity index (χ2n) is 11.5. The smallest absolute Gasteiger partial charge is 0.449 e. The molecule has 0 aliphatic heterocycles. The molecule has 0 fully saturated rings. The first kappa shape index (κ1) is 30.9. The van der Waals surface area contributed by atoms with Gasteiger partial charge in [0, 0.05) is 18.7 Å². The maximum atomic E-state index is 13.3. The Hall–Kier alpha value is -4.56. The van der Waals surface area contributed by atoms with Crippen molar-refractivity contribution in [2.24, 2.45) is 0 Å². The molecule has 1 aromatic heterocycles. The van der Waals surface area contributed by atoms with E-state index in [4.69, 9.17) is 9.15 Å². The molecule has 44 heavy (non-hydrogen) atoms. The standard InChI is InChI=1S/C36H34F3NO4/c1-23-12-14-25-8-5-6-11-29(25)31(23)22-40(21-28-15-17-33(44-28)36(37,38)39)20-24-13-16-30(32(18-24)43-4)26-9-7-10-27(19-26)35(2,3)34(41)42/h5-19H,20-22H2,1-4H3,(H,41,42). The molecule has 5 aromatic rings. The molecule has 4 aromatic carbocycles. The molecule has 0 unspecified atom stereocenters. The van der Waals surface area contributed by atoms with E-state index >= 15 is 0 Å². The SMILES string of the molecule is COc1cc(CN(Cc2ccc(C(F)(F)F)o2)Cc2c(C)ccc3ccccc23)ccc1-c1cccc(C(C)(C)C(=O)O)c1. The van der Waals surface area contributed by atoms with Crippen LogP contribution >= 0.6 is 0 Å². The van der Waals surface area contributed by atoms with Crippen LogP contribution in [0.1, 0.15) is 47.6 Å². The first-order valence-corrected chi connectivity index (χ1v) is 14.2. The van der Waals surface area contributed by atoms with Crippen LogP contribution in [0.2, 0.25) is 0 Å². The lowest BCUT2D eigenvalue weighted by Crippen LogP contribution is -2.28. The predicted molar refractivity (Wildman–Crippen MR) is 164 cm³/mol. The van der Waals surface area contributed by atoms with Crippen LogP contribution in [0.4, 0.5) is 13.2 Å². The van der Waals surface area contributed by atoms with E-state index < -0.39 is 23.3 Å². The molecule has 0 aliphatic carbocycles. The lowest BCUT2D eigenvalue weighted by atomic mass is 9.83. The maximum Gasteiger partial charge on any atom is 0.449 e. The number of aliphatic carboxylic acids is 1. The first-order chi connectivity index (χ1) is 20.9. The Morgan fingerprint density at radius 2 is 1.66 bits per heavy atom. The number of carboxylic acid groups (broad SMARTS) is 1. The molecule has 0 aliphatic rings. The quantitative estimate of drug-likeness (QED) is 0.173. The van der Waals surface area contributed by atoms with Gasteiger partial charge in [-0.1, -0.05) is 66.7 Å². The van der Waals surface area contributed by atoms with E-state index in [2.05, 4.69) is 23.1 Å². The molecule has 0 bridgehead atoms. The third-order valence-corrected chi connectivity index (χ3v) is 8.08. The van der Waals surface area contributed by atoms with E-state index in [0.29, 0.717) is 24.4 Å². The van der Waals surface area contributed by atoms with Crippen molar-refractivity contribution < 1.29 is 32.2 Å². The van der Waals surface area contributed by atoms with E-state index in [9.17, 15) is 23.1 Å². The fraction of sp³-hybridized carbons (Fsp3) is 0.250. The summed E-state index contributed by atoms with van der Waals surface area (Å²) in [6.45, 7) is 6.41. The minimum atomic E-state index is -4.56. The number of carboxylic acids is 1. The fourth-order valence-corrected chi connectivity index (χ4v) is 5.41. The highest BCUT2D eigenvalue weighted by Crippen LogP contribution is 2.35. The zero-order chi connectivity index (χ0) is 31.6. The number of hydrogen-bond acceptors (Lipinski definition) is 4. The number of methoxy groups -OCH3 is 1. The number of carbonyl (C=O) groups is 1. The van der Waals surface area contributed by atoms with Gasteiger partial charge in [0.05, 0.1) is 19.1 Å². The molecular formula is C36H34F3NO4. The number of hydrogen-bond donors (Lipinski definition) is 1. The van der Waals surface area contributed by atoms with Gasteiger partial charge < -0.3 is 14.3 Å². The average molecular weight is 602 g/mol. The van der Waals surface area contributed by atoms with Crippen molar-refractivity contribution in [3.8, 4) is 16.9 Å². The summed E-state index contributed by atoms with van der Waals surface area (Å²) in [5.41, 5.74) is 4.29. The van der Waals surface area contributed by atoms with Gasteiger partial charge in [-0.15, -0.1) is 0 Å². The molecule has 228 valence electrons. The summed E-state index contributed by atoms with van der Waals surface area (Å²) in [5.74, 6) is -1.12. The Bertz CT molecular complexity index is 1810. The topological polar surface area (TPSA) is 62.9 Å². The number of alkyl halides is 3. The average Bonchev–Trinajstić information content (AvgIpc) is 3.48. The highest BCUT2D eigenvalue weighted by atomic mass is 19.4. The van der Waals surface area contributed by atoms with Gasteiger partial charge in [-0.2, -0.15) is 13.2 Å². The van der Waals surface area contributed by atoms with E-state index in [1.807, 2.05) is 61.5 Å². The van der Waals surface area contributed by atoms with Crippen molar-refractivity contribution in [1.82, 2.24) is 4.90 Å².